The average molecular weight is 415 g/mol. The summed E-state index contributed by atoms with van der Waals surface area (Å²) in [6, 6.07) is 12.8. The van der Waals surface area contributed by atoms with Crippen LogP contribution in [0.4, 0.5) is 5.69 Å². The molecule has 0 bridgehead atoms. The Hall–Kier alpha value is -2.38. The molecule has 2 aromatic carbocycles. The average Bonchev–Trinajstić information content (AvgIpc) is 2.76. The quantitative estimate of drug-likeness (QED) is 0.772. The molecule has 154 valence electrons. The summed E-state index contributed by atoms with van der Waals surface area (Å²) < 4.78 is 32.4. The first kappa shape index (κ1) is 19.9. The van der Waals surface area contributed by atoms with E-state index in [0.29, 0.717) is 13.0 Å². The smallest absolute Gasteiger partial charge is 0.245 e. The minimum absolute atomic E-state index is 0.0211. The number of anilines is 1. The van der Waals surface area contributed by atoms with Gasteiger partial charge in [-0.15, -0.1) is 0 Å². The summed E-state index contributed by atoms with van der Waals surface area (Å²) in [4.78, 5) is 15.4. The molecule has 0 saturated carbocycles. The van der Waals surface area contributed by atoms with E-state index in [9.17, 15) is 13.2 Å². The van der Waals surface area contributed by atoms with E-state index in [1.807, 2.05) is 42.5 Å². The van der Waals surface area contributed by atoms with Gasteiger partial charge in [0.05, 0.1) is 12.9 Å². The number of fused-ring (bicyclic) bond motifs is 2. The zero-order valence-corrected chi connectivity index (χ0v) is 17.6. The number of benzene rings is 2. The van der Waals surface area contributed by atoms with Crippen molar-refractivity contribution in [3.8, 4) is 5.75 Å². The summed E-state index contributed by atoms with van der Waals surface area (Å²) in [5.41, 5.74) is 3.93. The minimum Gasteiger partial charge on any atom is -0.497 e. The number of carbonyl (C=O) groups is 1. The molecule has 0 N–H and O–H groups in total. The molecule has 6 nitrogen and oxygen atoms in total. The number of hydrogen-bond acceptors (Lipinski definition) is 4. The molecular weight excluding hydrogens is 388 g/mol. The molecule has 0 fully saturated rings. The SMILES string of the molecule is CCS(=O)(=O)N1Cc2ccccc2C[C@@H]1C(=O)N1CCCc2cc(OC)ccc21. The predicted octanol–water partition coefficient (Wildman–Crippen LogP) is 2.75. The van der Waals surface area contributed by atoms with Crippen LogP contribution in [0.25, 0.3) is 0 Å². The number of methoxy groups -OCH3 is 1. The number of nitrogens with zero attached hydrogens (tertiary/aromatic N) is 2. The Morgan fingerprint density at radius 2 is 1.90 bits per heavy atom. The Kier molecular flexibility index (Phi) is 5.36. The molecule has 4 rings (SSSR count). The molecule has 0 saturated heterocycles. The van der Waals surface area contributed by atoms with E-state index in [4.69, 9.17) is 4.74 Å². The predicted molar refractivity (Wildman–Crippen MR) is 113 cm³/mol. The molecule has 7 heteroatoms. The van der Waals surface area contributed by atoms with Crippen LogP contribution in [-0.4, -0.2) is 44.1 Å². The van der Waals surface area contributed by atoms with Gasteiger partial charge in [-0.2, -0.15) is 4.31 Å². The maximum atomic E-state index is 13.6. The number of hydrogen-bond donors (Lipinski definition) is 0. The number of sulfonamides is 1. The van der Waals surface area contributed by atoms with Crippen LogP contribution >= 0.6 is 0 Å². The van der Waals surface area contributed by atoms with Crippen LogP contribution in [0.1, 0.15) is 30.0 Å². The zero-order valence-electron chi connectivity index (χ0n) is 16.8. The molecule has 0 radical (unpaired) electrons. The van der Waals surface area contributed by atoms with Crippen LogP contribution in [0.15, 0.2) is 42.5 Å². The second-order valence-electron chi connectivity index (χ2n) is 7.52. The summed E-state index contributed by atoms with van der Waals surface area (Å²) >= 11 is 0. The van der Waals surface area contributed by atoms with Gasteiger partial charge < -0.3 is 9.64 Å². The third kappa shape index (κ3) is 3.65. The molecule has 0 unspecified atom stereocenters. The van der Waals surface area contributed by atoms with Gasteiger partial charge in [0.15, 0.2) is 0 Å². The van der Waals surface area contributed by atoms with Crippen LogP contribution < -0.4 is 9.64 Å². The Balaban J connectivity index is 1.72. The Labute approximate surface area is 172 Å². The second-order valence-corrected chi connectivity index (χ2v) is 9.73. The van der Waals surface area contributed by atoms with Crippen molar-refractivity contribution >= 4 is 21.6 Å². The summed E-state index contributed by atoms with van der Waals surface area (Å²) in [5.74, 6) is 0.592. The lowest BCUT2D eigenvalue weighted by Crippen LogP contribution is -2.54. The topological polar surface area (TPSA) is 66.9 Å². The van der Waals surface area contributed by atoms with Crippen LogP contribution in [0, 0.1) is 0 Å². The number of rotatable bonds is 4. The highest BCUT2D eigenvalue weighted by atomic mass is 32.2. The van der Waals surface area contributed by atoms with Crippen molar-refractivity contribution < 1.29 is 17.9 Å². The van der Waals surface area contributed by atoms with Crippen molar-refractivity contribution in [1.29, 1.82) is 0 Å². The molecule has 29 heavy (non-hydrogen) atoms. The molecule has 1 amide bonds. The van der Waals surface area contributed by atoms with Crippen LogP contribution in [0.2, 0.25) is 0 Å². The second kappa shape index (κ2) is 7.80. The lowest BCUT2D eigenvalue weighted by atomic mass is 9.94. The van der Waals surface area contributed by atoms with Gasteiger partial charge in [-0.05, 0) is 61.1 Å². The van der Waals surface area contributed by atoms with Gasteiger partial charge in [0.2, 0.25) is 15.9 Å². The highest BCUT2D eigenvalue weighted by Crippen LogP contribution is 2.33. The van der Waals surface area contributed by atoms with Crippen LogP contribution in [0.5, 0.6) is 5.75 Å². The molecule has 2 aliphatic rings. The summed E-state index contributed by atoms with van der Waals surface area (Å²) in [5, 5.41) is 0. The van der Waals surface area contributed by atoms with E-state index in [-0.39, 0.29) is 18.2 Å². The van der Waals surface area contributed by atoms with E-state index < -0.39 is 16.1 Å². The molecule has 2 heterocycles. The van der Waals surface area contributed by atoms with Gasteiger partial charge in [-0.3, -0.25) is 4.79 Å². The first-order valence-electron chi connectivity index (χ1n) is 9.99. The minimum atomic E-state index is -3.52. The van der Waals surface area contributed by atoms with Crippen molar-refractivity contribution in [1.82, 2.24) is 4.31 Å². The fourth-order valence-corrected chi connectivity index (χ4v) is 5.50. The number of amides is 1. The van der Waals surface area contributed by atoms with Crippen molar-refractivity contribution in [2.45, 2.75) is 38.8 Å². The largest absolute Gasteiger partial charge is 0.497 e. The number of aryl methyl sites for hydroxylation is 1. The van der Waals surface area contributed by atoms with Gasteiger partial charge >= 0.3 is 0 Å². The van der Waals surface area contributed by atoms with Crippen LogP contribution in [0.3, 0.4) is 0 Å². The molecule has 0 aliphatic carbocycles. The standard InChI is InChI=1S/C22H26N2O4S/c1-3-29(26,27)24-15-18-8-5-4-7-16(18)14-21(24)22(25)23-12-6-9-17-13-19(28-2)10-11-20(17)23/h4-5,7-8,10-11,13,21H,3,6,9,12,14-15H2,1-2H3/t21-/m1/s1. The molecule has 2 aliphatic heterocycles. The first-order valence-corrected chi connectivity index (χ1v) is 11.6. The third-order valence-corrected chi connectivity index (χ3v) is 7.71. The maximum Gasteiger partial charge on any atom is 0.245 e. The maximum absolute atomic E-state index is 13.6. The molecule has 0 spiro atoms. The van der Waals surface area contributed by atoms with Crippen molar-refractivity contribution in [2.75, 3.05) is 24.3 Å². The highest BCUT2D eigenvalue weighted by molar-refractivity contribution is 7.89. The van der Waals surface area contributed by atoms with Crippen molar-refractivity contribution in [2.24, 2.45) is 0 Å². The van der Waals surface area contributed by atoms with Crippen molar-refractivity contribution in [3.05, 3.63) is 59.2 Å². The highest BCUT2D eigenvalue weighted by Gasteiger charge is 2.40. The lowest BCUT2D eigenvalue weighted by Gasteiger charge is -2.39. The van der Waals surface area contributed by atoms with E-state index in [2.05, 4.69) is 0 Å². The monoisotopic (exact) mass is 414 g/mol. The first-order chi connectivity index (χ1) is 13.9. The molecular formula is C22H26N2O4S. The Morgan fingerprint density at radius 1 is 1.14 bits per heavy atom. The third-order valence-electron chi connectivity index (χ3n) is 5.88. The van der Waals surface area contributed by atoms with E-state index >= 15 is 0 Å². The van der Waals surface area contributed by atoms with E-state index in [1.54, 1.807) is 18.9 Å². The summed E-state index contributed by atoms with van der Waals surface area (Å²) in [6.45, 7) is 2.46. The normalized spacial score (nSPS) is 19.4. The Bertz CT molecular complexity index is 1030. The van der Waals surface area contributed by atoms with Gasteiger partial charge in [0, 0.05) is 18.8 Å². The van der Waals surface area contributed by atoms with Crippen molar-refractivity contribution in [3.63, 3.8) is 0 Å². The molecule has 2 aromatic rings. The fraction of sp³-hybridized carbons (Fsp3) is 0.409. The van der Waals surface area contributed by atoms with Gasteiger partial charge in [0.25, 0.3) is 0 Å². The number of carbonyl (C=O) groups excluding carboxylic acids is 1. The van der Waals surface area contributed by atoms with Gasteiger partial charge in [0.1, 0.15) is 11.8 Å². The van der Waals surface area contributed by atoms with Gasteiger partial charge in [-0.1, -0.05) is 24.3 Å². The van der Waals surface area contributed by atoms with E-state index in [1.165, 1.54) is 4.31 Å². The summed E-state index contributed by atoms with van der Waals surface area (Å²) in [6.07, 6.45) is 2.12. The summed E-state index contributed by atoms with van der Waals surface area (Å²) in [7, 11) is -1.89. The Morgan fingerprint density at radius 3 is 2.62 bits per heavy atom. The van der Waals surface area contributed by atoms with Crippen LogP contribution in [-0.2, 0) is 34.2 Å². The molecule has 0 aromatic heterocycles. The fourth-order valence-electron chi connectivity index (χ4n) is 4.28. The van der Waals surface area contributed by atoms with Gasteiger partial charge in [-0.25, -0.2) is 8.42 Å². The number of ether oxygens (including phenoxy) is 1. The molecule has 1 atom stereocenters. The lowest BCUT2D eigenvalue weighted by molar-refractivity contribution is -0.122. The zero-order chi connectivity index (χ0) is 20.6. The van der Waals surface area contributed by atoms with E-state index in [0.717, 1.165) is 41.0 Å².